The molecule has 0 saturated heterocycles. The van der Waals surface area contributed by atoms with E-state index in [1.165, 1.54) is 24.4 Å². The van der Waals surface area contributed by atoms with E-state index in [9.17, 15) is 14.0 Å². The Bertz CT molecular complexity index is 1420. The Labute approximate surface area is 209 Å². The summed E-state index contributed by atoms with van der Waals surface area (Å²) in [5.41, 5.74) is 3.28. The lowest BCUT2D eigenvalue weighted by atomic mass is 10.0. The summed E-state index contributed by atoms with van der Waals surface area (Å²) in [5, 5.41) is 7.05. The van der Waals surface area contributed by atoms with Crippen LogP contribution in [0.25, 0.3) is 16.9 Å². The van der Waals surface area contributed by atoms with Gasteiger partial charge in [0.1, 0.15) is 17.2 Å². The molecule has 0 aliphatic rings. The van der Waals surface area contributed by atoms with Gasteiger partial charge in [-0.3, -0.25) is 23.6 Å². The van der Waals surface area contributed by atoms with Crippen LogP contribution >= 0.6 is 0 Å². The maximum atomic E-state index is 14.6. The minimum absolute atomic E-state index is 0.00785. The molecule has 3 heterocycles. The van der Waals surface area contributed by atoms with E-state index in [0.29, 0.717) is 30.0 Å². The maximum absolute atomic E-state index is 14.6. The van der Waals surface area contributed by atoms with Crippen LogP contribution < -0.4 is 5.32 Å². The van der Waals surface area contributed by atoms with Crippen LogP contribution in [0.1, 0.15) is 47.2 Å². The maximum Gasteiger partial charge on any atom is 0.251 e. The van der Waals surface area contributed by atoms with Gasteiger partial charge in [-0.1, -0.05) is 0 Å². The number of Topliss-reactive ketones (excluding diaryl/α,β-unsaturated/α-hetero) is 1. The zero-order valence-corrected chi connectivity index (χ0v) is 21.2. The zero-order chi connectivity index (χ0) is 26.0. The summed E-state index contributed by atoms with van der Waals surface area (Å²) in [7, 11) is 3.85. The van der Waals surface area contributed by atoms with E-state index in [4.69, 9.17) is 0 Å². The number of hydrogen-bond donors (Lipinski definition) is 1. The molecular weight excluding hydrogens is 459 g/mol. The van der Waals surface area contributed by atoms with Gasteiger partial charge in [0, 0.05) is 55.6 Å². The molecule has 8 nitrogen and oxygen atoms in total. The van der Waals surface area contributed by atoms with Gasteiger partial charge in [-0.15, -0.1) is 0 Å². The number of imidazole rings is 1. The lowest BCUT2D eigenvalue weighted by Crippen LogP contribution is -2.42. The smallest absolute Gasteiger partial charge is 0.251 e. The van der Waals surface area contributed by atoms with Crippen molar-refractivity contribution in [3.8, 4) is 11.3 Å². The summed E-state index contributed by atoms with van der Waals surface area (Å²) in [6.07, 6.45) is 4.79. The number of benzene rings is 1. The normalized spacial score (nSPS) is 11.9. The monoisotopic (exact) mass is 490 g/mol. The molecule has 9 heteroatoms. The number of amides is 1. The molecule has 4 aromatic rings. The molecule has 0 unspecified atom stereocenters. The highest BCUT2D eigenvalue weighted by molar-refractivity contribution is 5.98. The van der Waals surface area contributed by atoms with Crippen molar-refractivity contribution in [2.45, 2.75) is 32.7 Å². The van der Waals surface area contributed by atoms with Gasteiger partial charge < -0.3 is 5.32 Å². The predicted molar refractivity (Wildman–Crippen MR) is 137 cm³/mol. The number of carbonyl (C=O) groups excluding carboxylic acids is 2. The number of pyridine rings is 1. The van der Waals surface area contributed by atoms with Gasteiger partial charge >= 0.3 is 0 Å². The van der Waals surface area contributed by atoms with Gasteiger partial charge in [0.25, 0.3) is 5.91 Å². The van der Waals surface area contributed by atoms with Crippen LogP contribution in [-0.4, -0.2) is 61.4 Å². The Balaban J connectivity index is 1.47. The second kappa shape index (κ2) is 10.0. The third-order valence-electron chi connectivity index (χ3n) is 6.45. The molecule has 4 rings (SSSR count). The molecule has 36 heavy (non-hydrogen) atoms. The van der Waals surface area contributed by atoms with Crippen LogP contribution in [0.3, 0.4) is 0 Å². The molecule has 1 N–H and O–H groups in total. The Hall–Kier alpha value is -3.85. The molecular formula is C27H31FN6O2. The van der Waals surface area contributed by atoms with Crippen molar-refractivity contribution < 1.29 is 14.0 Å². The van der Waals surface area contributed by atoms with Crippen LogP contribution in [0.2, 0.25) is 0 Å². The lowest BCUT2D eigenvalue weighted by Gasteiger charge is -2.31. The quantitative estimate of drug-likeness (QED) is 0.380. The molecule has 0 saturated carbocycles. The molecule has 0 fully saturated rings. The lowest BCUT2D eigenvalue weighted by molar-refractivity contribution is 0.0937. The summed E-state index contributed by atoms with van der Waals surface area (Å²) in [4.78, 5) is 32.2. The fraction of sp³-hybridized carbons (Fsp3) is 0.333. The summed E-state index contributed by atoms with van der Waals surface area (Å²) < 4.78 is 18.0. The van der Waals surface area contributed by atoms with Crippen LogP contribution in [0.4, 0.5) is 4.39 Å². The molecule has 1 amide bonds. The first kappa shape index (κ1) is 25.2. The number of aryl methyl sites for hydroxylation is 1. The van der Waals surface area contributed by atoms with Crippen molar-refractivity contribution in [1.82, 2.24) is 29.4 Å². The van der Waals surface area contributed by atoms with Crippen LogP contribution in [0, 0.1) is 5.82 Å². The number of likely N-dealkylation sites (N-methyl/N-ethyl adjacent to an activating group) is 1. The highest BCUT2D eigenvalue weighted by atomic mass is 19.1. The predicted octanol–water partition coefficient (Wildman–Crippen LogP) is 3.76. The fourth-order valence-electron chi connectivity index (χ4n) is 3.89. The molecule has 0 aliphatic carbocycles. The average Bonchev–Trinajstić information content (AvgIpc) is 3.45. The number of carbonyl (C=O) groups is 2. The summed E-state index contributed by atoms with van der Waals surface area (Å²) in [6, 6.07) is 9.75. The number of rotatable bonds is 8. The number of halogens is 1. The molecule has 3 aromatic heterocycles. The number of hydrogen-bond acceptors (Lipinski definition) is 5. The van der Waals surface area contributed by atoms with E-state index < -0.39 is 5.82 Å². The van der Waals surface area contributed by atoms with Crippen molar-refractivity contribution in [3.63, 3.8) is 0 Å². The van der Waals surface area contributed by atoms with Crippen molar-refractivity contribution in [2.24, 2.45) is 7.05 Å². The SMILES string of the molecule is CN(CCNC(=O)c1ccc(F)c(CC(=O)c2cnc3cc(-c4ccnn4C)ccn23)c1)C(C)(C)C. The summed E-state index contributed by atoms with van der Waals surface area (Å²) in [5.74, 6) is -1.12. The van der Waals surface area contributed by atoms with Gasteiger partial charge in [0.2, 0.25) is 0 Å². The minimum atomic E-state index is -0.528. The third kappa shape index (κ3) is 5.36. The Morgan fingerprint density at radius 3 is 2.61 bits per heavy atom. The van der Waals surface area contributed by atoms with Crippen LogP contribution in [0.5, 0.6) is 0 Å². The first-order valence-corrected chi connectivity index (χ1v) is 11.8. The van der Waals surface area contributed by atoms with E-state index >= 15 is 0 Å². The van der Waals surface area contributed by atoms with Gasteiger partial charge in [0.05, 0.1) is 11.9 Å². The van der Waals surface area contributed by atoms with E-state index in [2.05, 4.69) is 41.1 Å². The van der Waals surface area contributed by atoms with Gasteiger partial charge in [-0.2, -0.15) is 5.10 Å². The summed E-state index contributed by atoms with van der Waals surface area (Å²) >= 11 is 0. The second-order valence-corrected chi connectivity index (χ2v) is 9.88. The number of aromatic nitrogens is 4. The highest BCUT2D eigenvalue weighted by Gasteiger charge is 2.19. The van der Waals surface area contributed by atoms with Crippen molar-refractivity contribution in [2.75, 3.05) is 20.1 Å². The number of nitrogens with one attached hydrogen (secondary N) is 1. The van der Waals surface area contributed by atoms with Crippen molar-refractivity contribution in [1.29, 1.82) is 0 Å². The van der Waals surface area contributed by atoms with Crippen molar-refractivity contribution in [3.05, 3.63) is 77.6 Å². The van der Waals surface area contributed by atoms with Gasteiger partial charge in [-0.05, 0) is 69.8 Å². The molecule has 0 aliphatic heterocycles. The van der Waals surface area contributed by atoms with E-state index in [0.717, 1.165) is 11.3 Å². The molecule has 188 valence electrons. The zero-order valence-electron chi connectivity index (χ0n) is 21.2. The second-order valence-electron chi connectivity index (χ2n) is 9.88. The molecule has 1 aromatic carbocycles. The Kier molecular flexibility index (Phi) is 7.03. The van der Waals surface area contributed by atoms with E-state index in [1.807, 2.05) is 32.3 Å². The average molecular weight is 491 g/mol. The highest BCUT2D eigenvalue weighted by Crippen LogP contribution is 2.21. The minimum Gasteiger partial charge on any atom is -0.351 e. The Morgan fingerprint density at radius 1 is 1.14 bits per heavy atom. The van der Waals surface area contributed by atoms with Crippen LogP contribution in [0.15, 0.2) is 55.0 Å². The molecule has 0 bridgehead atoms. The molecule has 0 spiro atoms. The standard InChI is InChI=1S/C27H31FN6O2/c1-27(2,3)32(4)13-11-29-26(36)19-6-7-21(28)20(14-19)15-24(35)23-17-30-25-16-18(9-12-34(23)25)22-8-10-31-33(22)5/h6-10,12,14,16-17H,11,13,15H2,1-5H3,(H,29,36). The third-order valence-corrected chi connectivity index (χ3v) is 6.45. The number of nitrogens with zero attached hydrogens (tertiary/aromatic N) is 5. The first-order valence-electron chi connectivity index (χ1n) is 11.8. The first-order chi connectivity index (χ1) is 17.0. The fourth-order valence-corrected chi connectivity index (χ4v) is 3.89. The topological polar surface area (TPSA) is 84.5 Å². The Morgan fingerprint density at radius 2 is 1.92 bits per heavy atom. The van der Waals surface area contributed by atoms with Gasteiger partial charge in [0.15, 0.2) is 5.78 Å². The summed E-state index contributed by atoms with van der Waals surface area (Å²) in [6.45, 7) is 7.43. The van der Waals surface area contributed by atoms with Crippen molar-refractivity contribution >= 4 is 17.3 Å². The number of fused-ring (bicyclic) bond motifs is 1. The van der Waals surface area contributed by atoms with E-state index in [1.54, 1.807) is 21.5 Å². The van der Waals surface area contributed by atoms with E-state index in [-0.39, 0.29) is 29.2 Å². The van der Waals surface area contributed by atoms with Gasteiger partial charge in [-0.25, -0.2) is 9.37 Å². The molecule has 0 atom stereocenters. The largest absolute Gasteiger partial charge is 0.351 e. The van der Waals surface area contributed by atoms with Crippen LogP contribution in [-0.2, 0) is 13.5 Å². The molecule has 0 radical (unpaired) electrons. The number of ketones is 1.